The molecule has 3 rings (SSSR count). The van der Waals surface area contributed by atoms with Gasteiger partial charge < -0.3 is 19.7 Å². The lowest BCUT2D eigenvalue weighted by Gasteiger charge is -2.57. The summed E-state index contributed by atoms with van der Waals surface area (Å²) in [6.07, 6.45) is 3.60. The molecule has 0 amide bonds. The number of ether oxygens (including phenoxy) is 2. The number of hydrogen-bond acceptors (Lipinski definition) is 5. The van der Waals surface area contributed by atoms with Gasteiger partial charge in [-0.2, -0.15) is 0 Å². The monoisotopic (exact) mass is 380 g/mol. The molecule has 2 aliphatic carbocycles. The van der Waals surface area contributed by atoms with Crippen LogP contribution in [0.2, 0.25) is 0 Å². The van der Waals surface area contributed by atoms with Crippen molar-refractivity contribution in [2.75, 3.05) is 7.11 Å². The number of carbonyl (C=O) groups is 2. The lowest BCUT2D eigenvalue weighted by molar-refractivity contribution is -0.166. The third-order valence-electron chi connectivity index (χ3n) is 7.73. The standard InChI is InChI=1S/C21H32O6/c1-12-6-9-15-20(2,10-5-11-21(15,3)19(24)25)14(12)8-7-13-16(22)18(26-4)27-17(13)23/h13-16,18,22H,1,5-11H2,2-4H3,(H,24,25). The fourth-order valence-corrected chi connectivity index (χ4v) is 6.16. The summed E-state index contributed by atoms with van der Waals surface area (Å²) in [7, 11) is 1.41. The number of carboxylic acid groups (broad SMARTS) is 1. The van der Waals surface area contributed by atoms with Crippen molar-refractivity contribution in [3.63, 3.8) is 0 Å². The number of rotatable bonds is 5. The number of allylic oxidation sites excluding steroid dienone is 1. The summed E-state index contributed by atoms with van der Waals surface area (Å²) in [4.78, 5) is 24.2. The molecule has 7 atom stereocenters. The topological polar surface area (TPSA) is 93.1 Å². The van der Waals surface area contributed by atoms with Crippen LogP contribution in [0.1, 0.15) is 58.8 Å². The van der Waals surface area contributed by atoms with E-state index in [0.29, 0.717) is 19.3 Å². The first-order chi connectivity index (χ1) is 12.6. The quantitative estimate of drug-likeness (QED) is 0.562. The van der Waals surface area contributed by atoms with Crippen LogP contribution in [-0.2, 0) is 19.1 Å². The minimum absolute atomic E-state index is 0.0962. The van der Waals surface area contributed by atoms with Crippen molar-refractivity contribution in [3.05, 3.63) is 12.2 Å². The summed E-state index contributed by atoms with van der Waals surface area (Å²) in [5.41, 5.74) is 0.292. The van der Waals surface area contributed by atoms with Gasteiger partial charge in [-0.1, -0.05) is 25.5 Å². The van der Waals surface area contributed by atoms with Crippen molar-refractivity contribution in [1.29, 1.82) is 0 Å². The van der Waals surface area contributed by atoms with Crippen LogP contribution in [0.15, 0.2) is 12.2 Å². The largest absolute Gasteiger partial charge is 0.481 e. The van der Waals surface area contributed by atoms with E-state index in [4.69, 9.17) is 9.47 Å². The van der Waals surface area contributed by atoms with E-state index in [-0.39, 0.29) is 17.3 Å². The average molecular weight is 380 g/mol. The third-order valence-corrected chi connectivity index (χ3v) is 7.73. The van der Waals surface area contributed by atoms with Crippen LogP contribution in [0.4, 0.5) is 0 Å². The molecule has 0 aromatic heterocycles. The van der Waals surface area contributed by atoms with Gasteiger partial charge in [0.1, 0.15) is 6.10 Å². The number of hydrogen-bond donors (Lipinski definition) is 2. The molecule has 2 N–H and O–H groups in total. The third kappa shape index (κ3) is 3.21. The first-order valence-electron chi connectivity index (χ1n) is 9.97. The number of fused-ring (bicyclic) bond motifs is 1. The van der Waals surface area contributed by atoms with E-state index in [0.717, 1.165) is 31.3 Å². The summed E-state index contributed by atoms with van der Waals surface area (Å²) >= 11 is 0. The number of aliphatic hydroxyl groups excluding tert-OH is 1. The summed E-state index contributed by atoms with van der Waals surface area (Å²) in [6.45, 7) is 8.38. The number of aliphatic hydroxyl groups is 1. The molecule has 1 aliphatic heterocycles. The van der Waals surface area contributed by atoms with Gasteiger partial charge >= 0.3 is 11.9 Å². The Kier molecular flexibility index (Phi) is 5.43. The molecule has 1 heterocycles. The van der Waals surface area contributed by atoms with Crippen molar-refractivity contribution in [2.24, 2.45) is 28.6 Å². The van der Waals surface area contributed by atoms with E-state index in [1.807, 2.05) is 6.92 Å². The van der Waals surface area contributed by atoms with Crippen LogP contribution in [0.5, 0.6) is 0 Å². The predicted molar refractivity (Wildman–Crippen MR) is 98.7 cm³/mol. The van der Waals surface area contributed by atoms with Gasteiger partial charge in [0.2, 0.25) is 6.29 Å². The maximum absolute atomic E-state index is 12.1. The molecule has 0 aromatic carbocycles. The Morgan fingerprint density at radius 2 is 2.04 bits per heavy atom. The molecule has 1 saturated heterocycles. The first kappa shape index (κ1) is 20.3. The minimum Gasteiger partial charge on any atom is -0.481 e. The molecule has 0 bridgehead atoms. The van der Waals surface area contributed by atoms with Gasteiger partial charge in [-0.25, -0.2) is 0 Å². The first-order valence-corrected chi connectivity index (χ1v) is 9.97. The van der Waals surface area contributed by atoms with Gasteiger partial charge in [-0.3, -0.25) is 9.59 Å². The number of methoxy groups -OCH3 is 1. The SMILES string of the molecule is C=C1CCC2C(C)(C(=O)O)CCCC2(C)C1CCC1C(=O)OC(OC)C1O. The van der Waals surface area contributed by atoms with Crippen LogP contribution < -0.4 is 0 Å². The molecule has 2 saturated carbocycles. The van der Waals surface area contributed by atoms with E-state index < -0.39 is 35.7 Å². The van der Waals surface area contributed by atoms with Gasteiger partial charge in [-0.05, 0) is 62.7 Å². The van der Waals surface area contributed by atoms with E-state index in [9.17, 15) is 19.8 Å². The van der Waals surface area contributed by atoms with Crippen LogP contribution in [-0.4, -0.2) is 41.7 Å². The van der Waals surface area contributed by atoms with E-state index >= 15 is 0 Å². The molecule has 3 aliphatic rings. The second-order valence-electron chi connectivity index (χ2n) is 9.10. The normalized spacial score (nSPS) is 44.7. The fourth-order valence-electron chi connectivity index (χ4n) is 6.16. The van der Waals surface area contributed by atoms with Crippen LogP contribution in [0, 0.1) is 28.6 Å². The summed E-state index contributed by atoms with van der Waals surface area (Å²) in [5, 5.41) is 20.2. The summed E-state index contributed by atoms with van der Waals surface area (Å²) in [6, 6.07) is 0. The van der Waals surface area contributed by atoms with Gasteiger partial charge in [0, 0.05) is 7.11 Å². The number of carbonyl (C=O) groups excluding carboxylic acids is 1. The Balaban J connectivity index is 1.79. The van der Waals surface area contributed by atoms with Crippen LogP contribution in [0.25, 0.3) is 0 Å². The molecule has 6 heteroatoms. The molecule has 6 nitrogen and oxygen atoms in total. The zero-order chi connectivity index (χ0) is 20.0. The van der Waals surface area contributed by atoms with Crippen molar-refractivity contribution >= 4 is 11.9 Å². The van der Waals surface area contributed by atoms with Gasteiger partial charge in [0.05, 0.1) is 11.3 Å². The number of carboxylic acids is 1. The Morgan fingerprint density at radius 1 is 1.33 bits per heavy atom. The second-order valence-corrected chi connectivity index (χ2v) is 9.10. The number of cyclic esters (lactones) is 1. The van der Waals surface area contributed by atoms with Crippen molar-refractivity contribution in [2.45, 2.75) is 71.2 Å². The average Bonchev–Trinajstić information content (AvgIpc) is 2.87. The highest BCUT2D eigenvalue weighted by Gasteiger charge is 2.57. The minimum atomic E-state index is -0.960. The zero-order valence-corrected chi connectivity index (χ0v) is 16.6. The Hall–Kier alpha value is -1.40. The zero-order valence-electron chi connectivity index (χ0n) is 16.6. The van der Waals surface area contributed by atoms with Crippen LogP contribution >= 0.6 is 0 Å². The maximum Gasteiger partial charge on any atom is 0.314 e. The van der Waals surface area contributed by atoms with E-state index in [1.165, 1.54) is 7.11 Å². The second kappa shape index (κ2) is 7.21. The van der Waals surface area contributed by atoms with E-state index in [2.05, 4.69) is 13.5 Å². The Labute approximate surface area is 160 Å². The Bertz CT molecular complexity index is 630. The van der Waals surface area contributed by atoms with E-state index in [1.54, 1.807) is 0 Å². The summed E-state index contributed by atoms with van der Waals surface area (Å²) < 4.78 is 10.1. The highest BCUT2D eigenvalue weighted by molar-refractivity contribution is 5.75. The molecule has 0 spiro atoms. The smallest absolute Gasteiger partial charge is 0.314 e. The maximum atomic E-state index is 12.1. The molecule has 0 aromatic rings. The highest BCUT2D eigenvalue weighted by atomic mass is 16.7. The molecule has 3 fully saturated rings. The van der Waals surface area contributed by atoms with Crippen molar-refractivity contribution in [1.82, 2.24) is 0 Å². The molecule has 27 heavy (non-hydrogen) atoms. The lowest BCUT2D eigenvalue weighted by atomic mass is 9.46. The van der Waals surface area contributed by atoms with Crippen LogP contribution in [0.3, 0.4) is 0 Å². The van der Waals surface area contributed by atoms with Gasteiger partial charge in [-0.15, -0.1) is 0 Å². The molecule has 7 unspecified atom stereocenters. The van der Waals surface area contributed by atoms with Gasteiger partial charge in [0.25, 0.3) is 0 Å². The molecular formula is C21H32O6. The molecule has 0 radical (unpaired) electrons. The number of esters is 1. The van der Waals surface area contributed by atoms with Crippen molar-refractivity contribution < 1.29 is 29.3 Å². The summed E-state index contributed by atoms with van der Waals surface area (Å²) in [5.74, 6) is -1.48. The highest BCUT2D eigenvalue weighted by Crippen LogP contribution is 2.62. The molecular weight excluding hydrogens is 348 g/mol. The van der Waals surface area contributed by atoms with Crippen molar-refractivity contribution in [3.8, 4) is 0 Å². The predicted octanol–water partition coefficient (Wildman–Crippen LogP) is 3.14. The Morgan fingerprint density at radius 3 is 2.63 bits per heavy atom. The van der Waals surface area contributed by atoms with Gasteiger partial charge in [0.15, 0.2) is 0 Å². The number of aliphatic carboxylic acids is 1. The molecule has 152 valence electrons. The fraction of sp³-hybridized carbons (Fsp3) is 0.810. The lowest BCUT2D eigenvalue weighted by Crippen LogP contribution is -2.53.